The highest BCUT2D eigenvalue weighted by molar-refractivity contribution is 5.85. The third kappa shape index (κ3) is 1.90. The highest BCUT2D eigenvalue weighted by atomic mass is 35.5. The van der Waals surface area contributed by atoms with Gasteiger partial charge in [-0.15, -0.1) is 12.4 Å². The van der Waals surface area contributed by atoms with Crippen LogP contribution in [0.15, 0.2) is 24.3 Å². The van der Waals surface area contributed by atoms with Gasteiger partial charge in [-0.3, -0.25) is 0 Å². The first kappa shape index (κ1) is 9.27. The molecule has 0 radical (unpaired) electrons. The molecule has 0 fully saturated rings. The summed E-state index contributed by atoms with van der Waals surface area (Å²) in [5.74, 6) is 0.278. The molecule has 1 aromatic carbocycles. The zero-order chi connectivity index (χ0) is 6.69. The number of phenols is 1. The molecular formula is C7H10ClNO. The van der Waals surface area contributed by atoms with Crippen molar-refractivity contribution >= 4 is 12.4 Å². The summed E-state index contributed by atoms with van der Waals surface area (Å²) in [6.07, 6.45) is 0. The van der Waals surface area contributed by atoms with E-state index in [2.05, 4.69) is 0 Å². The van der Waals surface area contributed by atoms with Gasteiger partial charge in [0.15, 0.2) is 0 Å². The Morgan fingerprint density at radius 2 is 1.90 bits per heavy atom. The molecule has 0 spiro atoms. The van der Waals surface area contributed by atoms with E-state index in [1.165, 1.54) is 0 Å². The molecule has 0 unspecified atom stereocenters. The molecule has 0 aliphatic heterocycles. The van der Waals surface area contributed by atoms with Gasteiger partial charge in [0.2, 0.25) is 0 Å². The molecule has 0 aliphatic rings. The maximum Gasteiger partial charge on any atom is 0.120 e. The predicted octanol–water partition coefficient (Wildman–Crippen LogP) is 1.27. The number of nitrogens with two attached hydrogens (primary N) is 1. The fourth-order valence-corrected chi connectivity index (χ4v) is 0.683. The van der Waals surface area contributed by atoms with E-state index in [0.717, 1.165) is 5.56 Å². The van der Waals surface area contributed by atoms with Crippen molar-refractivity contribution < 1.29 is 5.11 Å². The van der Waals surface area contributed by atoms with Gasteiger partial charge in [-0.1, -0.05) is 18.2 Å². The van der Waals surface area contributed by atoms with E-state index in [-0.39, 0.29) is 18.2 Å². The van der Waals surface area contributed by atoms with Gasteiger partial charge in [-0.25, -0.2) is 0 Å². The van der Waals surface area contributed by atoms with Crippen LogP contribution in [0.1, 0.15) is 5.56 Å². The molecule has 1 rings (SSSR count). The van der Waals surface area contributed by atoms with Gasteiger partial charge in [0, 0.05) is 12.1 Å². The van der Waals surface area contributed by atoms with Gasteiger partial charge >= 0.3 is 0 Å². The van der Waals surface area contributed by atoms with Crippen LogP contribution in [0.25, 0.3) is 0 Å². The lowest BCUT2D eigenvalue weighted by Gasteiger charge is -1.97. The van der Waals surface area contributed by atoms with Crippen molar-refractivity contribution in [2.45, 2.75) is 6.54 Å². The van der Waals surface area contributed by atoms with E-state index in [1.54, 1.807) is 18.2 Å². The Morgan fingerprint density at radius 3 is 2.30 bits per heavy atom. The number of hydrogen-bond donors (Lipinski definition) is 2. The summed E-state index contributed by atoms with van der Waals surface area (Å²) in [5.41, 5.74) is 6.08. The number of rotatable bonds is 1. The SMILES string of the molecule is Cl.NCc1ccccc1O. The minimum absolute atomic E-state index is 0. The van der Waals surface area contributed by atoms with E-state index in [4.69, 9.17) is 10.8 Å². The first-order chi connectivity index (χ1) is 4.34. The van der Waals surface area contributed by atoms with Crippen LogP contribution in [0, 0.1) is 0 Å². The third-order valence-electron chi connectivity index (χ3n) is 1.21. The van der Waals surface area contributed by atoms with E-state index in [0.29, 0.717) is 6.54 Å². The average Bonchev–Trinajstić information content (AvgIpc) is 1.89. The maximum atomic E-state index is 9.03. The van der Waals surface area contributed by atoms with Gasteiger partial charge in [-0.2, -0.15) is 0 Å². The third-order valence-corrected chi connectivity index (χ3v) is 1.21. The fraction of sp³-hybridized carbons (Fsp3) is 0.143. The Bertz CT molecular complexity index is 203. The molecule has 0 saturated heterocycles. The summed E-state index contributed by atoms with van der Waals surface area (Å²) in [5, 5.41) is 9.03. The number of benzene rings is 1. The lowest BCUT2D eigenvalue weighted by atomic mass is 10.2. The lowest BCUT2D eigenvalue weighted by Crippen LogP contribution is -1.95. The maximum absolute atomic E-state index is 9.03. The van der Waals surface area contributed by atoms with Crippen LogP contribution in [0.5, 0.6) is 5.75 Å². The highest BCUT2D eigenvalue weighted by Gasteiger charge is 1.92. The van der Waals surface area contributed by atoms with Gasteiger partial charge < -0.3 is 10.8 Å². The van der Waals surface area contributed by atoms with Crippen molar-refractivity contribution in [1.82, 2.24) is 0 Å². The van der Waals surface area contributed by atoms with Crippen LogP contribution in [-0.4, -0.2) is 5.11 Å². The van der Waals surface area contributed by atoms with Crippen molar-refractivity contribution in [1.29, 1.82) is 0 Å². The van der Waals surface area contributed by atoms with Crippen molar-refractivity contribution in [3.63, 3.8) is 0 Å². The second-order valence-corrected chi connectivity index (χ2v) is 1.83. The van der Waals surface area contributed by atoms with E-state index < -0.39 is 0 Å². The number of aromatic hydroxyl groups is 1. The molecule has 0 heterocycles. The van der Waals surface area contributed by atoms with Crippen molar-refractivity contribution in [3.8, 4) is 5.75 Å². The zero-order valence-corrected chi connectivity index (χ0v) is 6.27. The van der Waals surface area contributed by atoms with Crippen LogP contribution in [0.4, 0.5) is 0 Å². The summed E-state index contributed by atoms with van der Waals surface area (Å²) in [6, 6.07) is 7.05. The summed E-state index contributed by atoms with van der Waals surface area (Å²) >= 11 is 0. The molecule has 0 atom stereocenters. The Morgan fingerprint density at radius 1 is 1.30 bits per heavy atom. The first-order valence-electron chi connectivity index (χ1n) is 2.81. The van der Waals surface area contributed by atoms with Gasteiger partial charge in [-0.05, 0) is 6.07 Å². The smallest absolute Gasteiger partial charge is 0.120 e. The number of para-hydroxylation sites is 1. The second kappa shape index (κ2) is 4.14. The normalized spacial score (nSPS) is 8.50. The molecule has 0 aliphatic carbocycles. The minimum atomic E-state index is 0. The number of hydrogen-bond acceptors (Lipinski definition) is 2. The molecule has 2 nitrogen and oxygen atoms in total. The average molecular weight is 160 g/mol. The molecular weight excluding hydrogens is 150 g/mol. The summed E-state index contributed by atoms with van der Waals surface area (Å²) < 4.78 is 0. The van der Waals surface area contributed by atoms with Crippen molar-refractivity contribution in [2.75, 3.05) is 0 Å². The Kier molecular flexibility index (Phi) is 3.84. The monoisotopic (exact) mass is 159 g/mol. The quantitative estimate of drug-likeness (QED) is 0.649. The minimum Gasteiger partial charge on any atom is -0.508 e. The molecule has 1 aromatic rings. The van der Waals surface area contributed by atoms with Crippen LogP contribution < -0.4 is 5.73 Å². The lowest BCUT2D eigenvalue weighted by molar-refractivity contribution is 0.468. The fourth-order valence-electron chi connectivity index (χ4n) is 0.683. The molecule has 56 valence electrons. The molecule has 0 aromatic heterocycles. The Labute approximate surface area is 66.1 Å². The molecule has 3 heteroatoms. The largest absolute Gasteiger partial charge is 0.508 e. The summed E-state index contributed by atoms with van der Waals surface area (Å²) in [6.45, 7) is 0.396. The number of phenolic OH excluding ortho intramolecular Hbond substituents is 1. The molecule has 0 bridgehead atoms. The molecule has 0 saturated carbocycles. The van der Waals surface area contributed by atoms with Crippen LogP contribution >= 0.6 is 12.4 Å². The van der Waals surface area contributed by atoms with E-state index in [1.807, 2.05) is 6.07 Å². The molecule has 10 heavy (non-hydrogen) atoms. The van der Waals surface area contributed by atoms with Crippen molar-refractivity contribution in [2.24, 2.45) is 5.73 Å². The first-order valence-corrected chi connectivity index (χ1v) is 2.81. The molecule has 3 N–H and O–H groups in total. The second-order valence-electron chi connectivity index (χ2n) is 1.83. The van der Waals surface area contributed by atoms with Gasteiger partial charge in [0.05, 0.1) is 0 Å². The van der Waals surface area contributed by atoms with E-state index >= 15 is 0 Å². The predicted molar refractivity (Wildman–Crippen MR) is 43.2 cm³/mol. The highest BCUT2D eigenvalue weighted by Crippen LogP contribution is 2.13. The topological polar surface area (TPSA) is 46.2 Å². The van der Waals surface area contributed by atoms with Crippen LogP contribution in [0.3, 0.4) is 0 Å². The Hall–Kier alpha value is -0.730. The van der Waals surface area contributed by atoms with Crippen LogP contribution in [-0.2, 0) is 6.54 Å². The van der Waals surface area contributed by atoms with Crippen LogP contribution in [0.2, 0.25) is 0 Å². The van der Waals surface area contributed by atoms with Gasteiger partial charge in [0.25, 0.3) is 0 Å². The standard InChI is InChI=1S/C7H9NO.ClH/c8-5-6-3-1-2-4-7(6)9;/h1-4,9H,5,8H2;1H. The Balaban J connectivity index is 0.000000810. The summed E-state index contributed by atoms with van der Waals surface area (Å²) in [7, 11) is 0. The number of halogens is 1. The molecule has 0 amide bonds. The zero-order valence-electron chi connectivity index (χ0n) is 5.45. The van der Waals surface area contributed by atoms with E-state index in [9.17, 15) is 0 Å². The van der Waals surface area contributed by atoms with Crippen molar-refractivity contribution in [3.05, 3.63) is 29.8 Å². The van der Waals surface area contributed by atoms with Gasteiger partial charge in [0.1, 0.15) is 5.75 Å². The summed E-state index contributed by atoms with van der Waals surface area (Å²) in [4.78, 5) is 0.